The molecule has 16 heavy (non-hydrogen) atoms. The average molecular weight is 226 g/mol. The number of hydrogen-bond acceptors (Lipinski definition) is 3. The average Bonchev–Trinajstić information content (AvgIpc) is 2.29. The van der Waals surface area contributed by atoms with Crippen LogP contribution in [0.5, 0.6) is 0 Å². The summed E-state index contributed by atoms with van der Waals surface area (Å²) in [6.07, 6.45) is 1.79. The third-order valence-electron chi connectivity index (χ3n) is 2.23. The van der Waals surface area contributed by atoms with E-state index in [1.807, 2.05) is 6.92 Å². The van der Waals surface area contributed by atoms with Crippen molar-refractivity contribution < 1.29 is 14.3 Å². The van der Waals surface area contributed by atoms with E-state index >= 15 is 0 Å². The normalized spacial score (nSPS) is 10.2. The highest BCUT2D eigenvalue weighted by Crippen LogP contribution is 2.06. The van der Waals surface area contributed by atoms with Crippen LogP contribution in [0.2, 0.25) is 0 Å². The predicted molar refractivity (Wildman–Crippen MR) is 57.5 cm³/mol. The highest BCUT2D eigenvalue weighted by molar-refractivity contribution is 5.94. The quantitative estimate of drug-likeness (QED) is 0.764. The molecular weight excluding hydrogens is 211 g/mol. The Balaban J connectivity index is 2.74. The van der Waals surface area contributed by atoms with Crippen LogP contribution in [-0.4, -0.2) is 40.6 Å². The second-order valence-electron chi connectivity index (χ2n) is 3.33. The molecule has 0 aromatic carbocycles. The molecule has 4 nitrogen and oxygen atoms in total. The molecule has 0 saturated carbocycles. The molecule has 1 aromatic heterocycles. The largest absolute Gasteiger partial charge is 0.396 e. The number of aromatic nitrogens is 1. The number of rotatable bonds is 5. The minimum atomic E-state index is -0.663. The van der Waals surface area contributed by atoms with Gasteiger partial charge in [-0.15, -0.1) is 0 Å². The highest BCUT2D eigenvalue weighted by Gasteiger charge is 2.14. The zero-order chi connectivity index (χ0) is 12.0. The summed E-state index contributed by atoms with van der Waals surface area (Å²) in [4.78, 5) is 16.8. The SMILES string of the molecule is CCN(CCCO)C(=O)c1ccnc(F)c1. The maximum atomic E-state index is 12.8. The Morgan fingerprint density at radius 1 is 1.62 bits per heavy atom. The Kier molecular flexibility index (Phi) is 4.85. The molecule has 0 atom stereocenters. The lowest BCUT2D eigenvalue weighted by atomic mass is 10.2. The molecular formula is C11H15FN2O2. The van der Waals surface area contributed by atoms with Gasteiger partial charge in [0.25, 0.3) is 5.91 Å². The van der Waals surface area contributed by atoms with Crippen LogP contribution in [0.3, 0.4) is 0 Å². The number of aliphatic hydroxyl groups excluding tert-OH is 1. The molecule has 0 aliphatic heterocycles. The van der Waals surface area contributed by atoms with Gasteiger partial charge in [-0.1, -0.05) is 0 Å². The molecule has 0 aliphatic rings. The monoisotopic (exact) mass is 226 g/mol. The molecule has 1 aromatic rings. The number of aliphatic hydroxyl groups is 1. The zero-order valence-corrected chi connectivity index (χ0v) is 9.19. The first-order valence-electron chi connectivity index (χ1n) is 5.20. The van der Waals surface area contributed by atoms with Crippen molar-refractivity contribution in [3.63, 3.8) is 0 Å². The van der Waals surface area contributed by atoms with Crippen molar-refractivity contribution in [1.29, 1.82) is 0 Å². The van der Waals surface area contributed by atoms with Gasteiger partial charge in [0, 0.05) is 37.5 Å². The maximum absolute atomic E-state index is 12.8. The highest BCUT2D eigenvalue weighted by atomic mass is 19.1. The van der Waals surface area contributed by atoms with Gasteiger partial charge in [0.05, 0.1) is 0 Å². The fraction of sp³-hybridized carbons (Fsp3) is 0.455. The fourth-order valence-electron chi connectivity index (χ4n) is 1.38. The summed E-state index contributed by atoms with van der Waals surface area (Å²) >= 11 is 0. The van der Waals surface area contributed by atoms with E-state index in [1.165, 1.54) is 12.3 Å². The van der Waals surface area contributed by atoms with Crippen LogP contribution in [0.25, 0.3) is 0 Å². The van der Waals surface area contributed by atoms with E-state index < -0.39 is 5.95 Å². The van der Waals surface area contributed by atoms with Crippen molar-refractivity contribution in [2.45, 2.75) is 13.3 Å². The van der Waals surface area contributed by atoms with Crippen LogP contribution < -0.4 is 0 Å². The van der Waals surface area contributed by atoms with Gasteiger partial charge in [0.2, 0.25) is 5.95 Å². The second-order valence-corrected chi connectivity index (χ2v) is 3.33. The summed E-state index contributed by atoms with van der Waals surface area (Å²) in [5, 5.41) is 8.70. The van der Waals surface area contributed by atoms with Crippen molar-refractivity contribution in [2.24, 2.45) is 0 Å². The first-order valence-corrected chi connectivity index (χ1v) is 5.20. The molecule has 0 spiro atoms. The van der Waals surface area contributed by atoms with Gasteiger partial charge in [0.1, 0.15) is 0 Å². The number of carbonyl (C=O) groups is 1. The summed E-state index contributed by atoms with van der Waals surface area (Å²) in [7, 11) is 0. The van der Waals surface area contributed by atoms with Crippen molar-refractivity contribution >= 4 is 5.91 Å². The van der Waals surface area contributed by atoms with Crippen LogP contribution in [0.1, 0.15) is 23.7 Å². The standard InChI is InChI=1S/C11H15FN2O2/c1-2-14(6-3-7-15)11(16)9-4-5-13-10(12)8-9/h4-5,8,15H,2-3,6-7H2,1H3. The fourth-order valence-corrected chi connectivity index (χ4v) is 1.38. The summed E-state index contributed by atoms with van der Waals surface area (Å²) in [6.45, 7) is 2.87. The number of hydrogen-bond donors (Lipinski definition) is 1. The minimum absolute atomic E-state index is 0.0362. The van der Waals surface area contributed by atoms with Gasteiger partial charge in [-0.05, 0) is 19.4 Å². The van der Waals surface area contributed by atoms with Crippen LogP contribution in [0.4, 0.5) is 4.39 Å². The van der Waals surface area contributed by atoms with E-state index in [9.17, 15) is 9.18 Å². The third-order valence-corrected chi connectivity index (χ3v) is 2.23. The summed E-state index contributed by atoms with van der Waals surface area (Å²) in [5.74, 6) is -0.902. The topological polar surface area (TPSA) is 53.4 Å². The third kappa shape index (κ3) is 3.27. The molecule has 0 radical (unpaired) electrons. The number of nitrogens with zero attached hydrogens (tertiary/aromatic N) is 2. The van der Waals surface area contributed by atoms with Gasteiger partial charge >= 0.3 is 0 Å². The molecule has 0 aliphatic carbocycles. The number of amides is 1. The van der Waals surface area contributed by atoms with Crippen molar-refractivity contribution in [3.8, 4) is 0 Å². The van der Waals surface area contributed by atoms with Crippen LogP contribution in [0, 0.1) is 5.95 Å². The Morgan fingerprint density at radius 2 is 2.38 bits per heavy atom. The molecule has 1 N–H and O–H groups in total. The Bertz CT molecular complexity index is 358. The van der Waals surface area contributed by atoms with Gasteiger partial charge in [-0.3, -0.25) is 4.79 Å². The van der Waals surface area contributed by atoms with Gasteiger partial charge in [-0.2, -0.15) is 4.39 Å². The molecule has 88 valence electrons. The van der Waals surface area contributed by atoms with Crippen LogP contribution in [-0.2, 0) is 0 Å². The van der Waals surface area contributed by atoms with E-state index in [1.54, 1.807) is 4.90 Å². The number of pyridine rings is 1. The Morgan fingerprint density at radius 3 is 2.94 bits per heavy atom. The predicted octanol–water partition coefficient (Wildman–Crippen LogP) is 1.07. The molecule has 1 amide bonds. The summed E-state index contributed by atoms with van der Waals surface area (Å²) in [5.41, 5.74) is 0.285. The number of halogens is 1. The molecule has 0 bridgehead atoms. The maximum Gasteiger partial charge on any atom is 0.254 e. The van der Waals surface area contributed by atoms with Crippen LogP contribution in [0.15, 0.2) is 18.3 Å². The lowest BCUT2D eigenvalue weighted by molar-refractivity contribution is 0.0753. The van der Waals surface area contributed by atoms with Gasteiger partial charge in [0.15, 0.2) is 0 Å². The van der Waals surface area contributed by atoms with Crippen molar-refractivity contribution in [1.82, 2.24) is 9.88 Å². The van der Waals surface area contributed by atoms with Gasteiger partial charge < -0.3 is 10.0 Å². The first kappa shape index (κ1) is 12.6. The first-order chi connectivity index (χ1) is 7.69. The molecule has 0 saturated heterocycles. The van der Waals surface area contributed by atoms with E-state index in [4.69, 9.17) is 5.11 Å². The molecule has 1 heterocycles. The van der Waals surface area contributed by atoms with Crippen molar-refractivity contribution in [3.05, 3.63) is 29.8 Å². The van der Waals surface area contributed by atoms with E-state index in [0.29, 0.717) is 19.5 Å². The Labute approximate surface area is 93.7 Å². The summed E-state index contributed by atoms with van der Waals surface area (Å²) in [6, 6.07) is 2.59. The van der Waals surface area contributed by atoms with Gasteiger partial charge in [-0.25, -0.2) is 4.98 Å². The van der Waals surface area contributed by atoms with E-state index in [0.717, 1.165) is 6.07 Å². The lowest BCUT2D eigenvalue weighted by Crippen LogP contribution is -2.32. The molecule has 0 fully saturated rings. The molecule has 1 rings (SSSR count). The second kappa shape index (κ2) is 6.17. The van der Waals surface area contributed by atoms with Crippen molar-refractivity contribution in [2.75, 3.05) is 19.7 Å². The lowest BCUT2D eigenvalue weighted by Gasteiger charge is -2.20. The smallest absolute Gasteiger partial charge is 0.254 e. The van der Waals surface area contributed by atoms with E-state index in [-0.39, 0.29) is 18.1 Å². The molecule has 0 unspecified atom stereocenters. The number of carbonyl (C=O) groups excluding carboxylic acids is 1. The van der Waals surface area contributed by atoms with E-state index in [2.05, 4.69) is 4.98 Å². The van der Waals surface area contributed by atoms with Crippen LogP contribution >= 0.6 is 0 Å². The summed E-state index contributed by atoms with van der Waals surface area (Å²) < 4.78 is 12.8. The minimum Gasteiger partial charge on any atom is -0.396 e. The Hall–Kier alpha value is -1.49. The molecule has 5 heteroatoms. The zero-order valence-electron chi connectivity index (χ0n) is 9.19.